The molecule has 1 atom stereocenters. The zero-order valence-corrected chi connectivity index (χ0v) is 13.0. The summed E-state index contributed by atoms with van der Waals surface area (Å²) < 4.78 is 0. The maximum absolute atomic E-state index is 5.76. The van der Waals surface area contributed by atoms with Crippen LogP contribution in [0.25, 0.3) is 0 Å². The summed E-state index contributed by atoms with van der Waals surface area (Å²) in [4.78, 5) is 4.11. The average Bonchev–Trinajstić information content (AvgIpc) is 2.92. The first-order valence-electron chi connectivity index (χ1n) is 6.45. The molecular formula is C15H20N2S2. The number of thiophene rings is 1. The Kier molecular flexibility index (Phi) is 5.45. The molecule has 0 radical (unpaired) electrons. The first-order valence-corrected chi connectivity index (χ1v) is 8.49. The minimum Gasteiger partial charge on any atom is -0.271 e. The highest BCUT2D eigenvalue weighted by Crippen LogP contribution is 2.29. The number of benzene rings is 1. The second kappa shape index (κ2) is 7.10. The normalized spacial score (nSPS) is 12.6. The zero-order valence-electron chi connectivity index (χ0n) is 11.3. The van der Waals surface area contributed by atoms with Crippen LogP contribution >= 0.6 is 23.1 Å². The minimum atomic E-state index is 0.173. The van der Waals surface area contributed by atoms with Gasteiger partial charge in [0.2, 0.25) is 0 Å². The van der Waals surface area contributed by atoms with Crippen molar-refractivity contribution in [3.63, 3.8) is 0 Å². The van der Waals surface area contributed by atoms with Crippen LogP contribution in [0.5, 0.6) is 0 Å². The molecule has 1 heterocycles. The summed E-state index contributed by atoms with van der Waals surface area (Å²) >= 11 is 3.65. The van der Waals surface area contributed by atoms with Crippen LogP contribution in [0.15, 0.2) is 41.3 Å². The van der Waals surface area contributed by atoms with Gasteiger partial charge in [0.15, 0.2) is 0 Å². The third kappa shape index (κ3) is 3.60. The Balaban J connectivity index is 2.19. The molecule has 2 rings (SSSR count). The Morgan fingerprint density at radius 1 is 1.21 bits per heavy atom. The summed E-state index contributed by atoms with van der Waals surface area (Å²) in [5.74, 6) is 5.76. The van der Waals surface area contributed by atoms with E-state index in [1.165, 1.54) is 20.2 Å². The molecular weight excluding hydrogens is 272 g/mol. The fourth-order valence-electron chi connectivity index (χ4n) is 2.14. The van der Waals surface area contributed by atoms with Crippen LogP contribution in [0.4, 0.5) is 0 Å². The summed E-state index contributed by atoms with van der Waals surface area (Å²) in [5, 5.41) is 0. The minimum absolute atomic E-state index is 0.173. The number of hydrogen-bond acceptors (Lipinski definition) is 4. The number of hydrogen-bond donors (Lipinski definition) is 2. The van der Waals surface area contributed by atoms with E-state index in [0.717, 1.165) is 12.8 Å². The van der Waals surface area contributed by atoms with E-state index in [1.807, 2.05) is 11.3 Å². The van der Waals surface area contributed by atoms with Crippen molar-refractivity contribution in [3.8, 4) is 0 Å². The topological polar surface area (TPSA) is 38.0 Å². The van der Waals surface area contributed by atoms with E-state index in [1.54, 1.807) is 11.8 Å². The molecule has 2 aromatic rings. The van der Waals surface area contributed by atoms with E-state index in [9.17, 15) is 0 Å². The van der Waals surface area contributed by atoms with Crippen LogP contribution in [0.3, 0.4) is 0 Å². The van der Waals surface area contributed by atoms with Gasteiger partial charge in [-0.15, -0.1) is 23.1 Å². The SMILES string of the molecule is CCc1ccc(CC(NN)c2ccccc2SC)s1. The van der Waals surface area contributed by atoms with Crippen LogP contribution < -0.4 is 11.3 Å². The molecule has 0 fully saturated rings. The molecule has 0 spiro atoms. The Morgan fingerprint density at radius 3 is 2.58 bits per heavy atom. The van der Waals surface area contributed by atoms with Gasteiger partial charge in [0.05, 0.1) is 6.04 Å². The van der Waals surface area contributed by atoms with E-state index in [0.29, 0.717) is 0 Å². The van der Waals surface area contributed by atoms with Crippen molar-refractivity contribution in [1.82, 2.24) is 5.43 Å². The fraction of sp³-hybridized carbons (Fsp3) is 0.333. The molecule has 0 saturated heterocycles. The number of thioether (sulfide) groups is 1. The van der Waals surface area contributed by atoms with Gasteiger partial charge in [-0.1, -0.05) is 25.1 Å². The van der Waals surface area contributed by atoms with Crippen LogP contribution in [0, 0.1) is 0 Å². The quantitative estimate of drug-likeness (QED) is 0.483. The molecule has 4 heteroatoms. The lowest BCUT2D eigenvalue weighted by atomic mass is 10.0. The van der Waals surface area contributed by atoms with Gasteiger partial charge in [-0.2, -0.15) is 0 Å². The van der Waals surface area contributed by atoms with Gasteiger partial charge in [0.25, 0.3) is 0 Å². The summed E-state index contributed by atoms with van der Waals surface area (Å²) in [7, 11) is 0. The predicted molar refractivity (Wildman–Crippen MR) is 85.7 cm³/mol. The van der Waals surface area contributed by atoms with Gasteiger partial charge in [-0.05, 0) is 36.4 Å². The molecule has 3 N–H and O–H groups in total. The van der Waals surface area contributed by atoms with Crippen LogP contribution in [0.1, 0.15) is 28.3 Å². The van der Waals surface area contributed by atoms with Gasteiger partial charge in [0, 0.05) is 21.1 Å². The van der Waals surface area contributed by atoms with E-state index >= 15 is 0 Å². The molecule has 0 aliphatic carbocycles. The molecule has 0 bridgehead atoms. The van der Waals surface area contributed by atoms with Gasteiger partial charge >= 0.3 is 0 Å². The van der Waals surface area contributed by atoms with Crippen molar-refractivity contribution >= 4 is 23.1 Å². The van der Waals surface area contributed by atoms with Crippen molar-refractivity contribution in [3.05, 3.63) is 51.7 Å². The molecule has 19 heavy (non-hydrogen) atoms. The summed E-state index contributed by atoms with van der Waals surface area (Å²) in [5.41, 5.74) is 4.24. The summed E-state index contributed by atoms with van der Waals surface area (Å²) in [6.07, 6.45) is 4.15. The Bertz CT molecular complexity index is 522. The average molecular weight is 292 g/mol. The number of nitrogens with two attached hydrogens (primary N) is 1. The largest absolute Gasteiger partial charge is 0.271 e. The molecule has 1 aromatic heterocycles. The number of hydrazine groups is 1. The van der Waals surface area contributed by atoms with Crippen molar-refractivity contribution < 1.29 is 0 Å². The number of nitrogens with one attached hydrogen (secondary N) is 1. The van der Waals surface area contributed by atoms with Crippen molar-refractivity contribution in [1.29, 1.82) is 0 Å². The third-order valence-electron chi connectivity index (χ3n) is 3.19. The van der Waals surface area contributed by atoms with Gasteiger partial charge in [-0.25, -0.2) is 0 Å². The van der Waals surface area contributed by atoms with Crippen LogP contribution in [0.2, 0.25) is 0 Å². The van der Waals surface area contributed by atoms with E-state index in [-0.39, 0.29) is 6.04 Å². The second-order valence-corrected chi connectivity index (χ2v) is 6.49. The number of aryl methyl sites for hydroxylation is 1. The van der Waals surface area contributed by atoms with Gasteiger partial charge in [-0.3, -0.25) is 11.3 Å². The Morgan fingerprint density at radius 2 is 1.95 bits per heavy atom. The molecule has 0 aliphatic heterocycles. The maximum Gasteiger partial charge on any atom is 0.0519 e. The molecule has 2 nitrogen and oxygen atoms in total. The predicted octanol–water partition coefficient (Wildman–Crippen LogP) is 3.78. The van der Waals surface area contributed by atoms with Crippen molar-refractivity contribution in [2.45, 2.75) is 30.7 Å². The number of rotatable bonds is 6. The molecule has 1 aromatic carbocycles. The monoisotopic (exact) mass is 292 g/mol. The smallest absolute Gasteiger partial charge is 0.0519 e. The highest BCUT2D eigenvalue weighted by Gasteiger charge is 2.15. The van der Waals surface area contributed by atoms with Gasteiger partial charge < -0.3 is 0 Å². The van der Waals surface area contributed by atoms with Crippen molar-refractivity contribution in [2.24, 2.45) is 5.84 Å². The molecule has 0 aliphatic rings. The van der Waals surface area contributed by atoms with Crippen LogP contribution in [-0.2, 0) is 12.8 Å². The van der Waals surface area contributed by atoms with E-state index in [4.69, 9.17) is 5.84 Å². The lowest BCUT2D eigenvalue weighted by Crippen LogP contribution is -2.29. The van der Waals surface area contributed by atoms with E-state index < -0.39 is 0 Å². The fourth-order valence-corrected chi connectivity index (χ4v) is 3.80. The Hall–Kier alpha value is -0.810. The zero-order chi connectivity index (χ0) is 13.7. The standard InChI is InChI=1S/C15H20N2S2/c1-3-11-8-9-12(19-11)10-14(17-16)13-6-4-5-7-15(13)18-2/h4-9,14,17H,3,10,16H2,1-2H3. The lowest BCUT2D eigenvalue weighted by molar-refractivity contribution is 0.548. The summed E-state index contributed by atoms with van der Waals surface area (Å²) in [6, 6.07) is 13.1. The Labute approximate surface area is 123 Å². The molecule has 0 saturated carbocycles. The maximum atomic E-state index is 5.76. The molecule has 0 amide bonds. The highest BCUT2D eigenvalue weighted by molar-refractivity contribution is 7.98. The highest BCUT2D eigenvalue weighted by atomic mass is 32.2. The summed E-state index contributed by atoms with van der Waals surface area (Å²) in [6.45, 7) is 2.19. The lowest BCUT2D eigenvalue weighted by Gasteiger charge is -2.18. The molecule has 1 unspecified atom stereocenters. The third-order valence-corrected chi connectivity index (χ3v) is 5.25. The molecule has 102 valence electrons. The van der Waals surface area contributed by atoms with Gasteiger partial charge in [0.1, 0.15) is 0 Å². The van der Waals surface area contributed by atoms with Crippen LogP contribution in [-0.4, -0.2) is 6.26 Å². The first kappa shape index (κ1) is 14.6. The van der Waals surface area contributed by atoms with E-state index in [2.05, 4.69) is 55.0 Å². The first-order chi connectivity index (χ1) is 9.28. The second-order valence-electron chi connectivity index (χ2n) is 4.39. The van der Waals surface area contributed by atoms with Crippen molar-refractivity contribution in [2.75, 3.05) is 6.26 Å².